The lowest BCUT2D eigenvalue weighted by Crippen LogP contribution is -2.10. The molecular formula is C10H10F2N2O5. The Labute approximate surface area is 106 Å². The predicted octanol–water partition coefficient (Wildman–Crippen LogP) is 1.96. The molecule has 104 valence electrons. The average Bonchev–Trinajstić information content (AvgIpc) is 2.26. The number of hydrogen-bond donors (Lipinski definition) is 1. The van der Waals surface area contributed by atoms with Crippen molar-refractivity contribution in [3.05, 3.63) is 27.8 Å². The number of nitrogens with zero attached hydrogens (tertiary/aromatic N) is 1. The highest BCUT2D eigenvalue weighted by Crippen LogP contribution is 2.35. The van der Waals surface area contributed by atoms with Crippen LogP contribution in [0.3, 0.4) is 0 Å². The molecule has 2 N–H and O–H groups in total. The van der Waals surface area contributed by atoms with Gasteiger partial charge in [0.1, 0.15) is 5.69 Å². The molecular weight excluding hydrogens is 266 g/mol. The Balaban J connectivity index is 3.30. The maximum Gasteiger partial charge on any atom is 0.387 e. The summed E-state index contributed by atoms with van der Waals surface area (Å²) in [7, 11) is 0. The van der Waals surface area contributed by atoms with E-state index in [4.69, 9.17) is 5.73 Å². The topological polar surface area (TPSA) is 105 Å². The summed E-state index contributed by atoms with van der Waals surface area (Å²) >= 11 is 0. The Bertz CT molecular complexity index is 507. The summed E-state index contributed by atoms with van der Waals surface area (Å²) in [6.45, 7) is -1.68. The molecule has 1 aromatic rings. The van der Waals surface area contributed by atoms with Crippen LogP contribution in [0.5, 0.6) is 5.75 Å². The van der Waals surface area contributed by atoms with Crippen LogP contribution in [0, 0.1) is 10.1 Å². The number of esters is 1. The molecule has 0 radical (unpaired) electrons. The number of rotatable bonds is 5. The molecule has 1 aromatic carbocycles. The molecule has 9 heteroatoms. The molecule has 0 unspecified atom stereocenters. The van der Waals surface area contributed by atoms with E-state index in [9.17, 15) is 23.7 Å². The Morgan fingerprint density at radius 2 is 2.16 bits per heavy atom. The number of benzene rings is 1. The molecule has 0 amide bonds. The molecule has 0 atom stereocenters. The second-order valence-electron chi connectivity index (χ2n) is 3.27. The number of nitrogen functional groups attached to an aromatic ring is 1. The number of nitro groups is 1. The van der Waals surface area contributed by atoms with Crippen LogP contribution in [-0.2, 0) is 4.74 Å². The molecule has 0 aliphatic heterocycles. The van der Waals surface area contributed by atoms with Crippen molar-refractivity contribution in [2.45, 2.75) is 13.5 Å². The molecule has 7 nitrogen and oxygen atoms in total. The summed E-state index contributed by atoms with van der Waals surface area (Å²) in [5.41, 5.74) is 3.86. The van der Waals surface area contributed by atoms with Crippen molar-refractivity contribution in [3.63, 3.8) is 0 Å². The van der Waals surface area contributed by atoms with Gasteiger partial charge in [-0.15, -0.1) is 0 Å². The van der Waals surface area contributed by atoms with Crippen LogP contribution in [0.1, 0.15) is 17.3 Å². The minimum atomic E-state index is -3.28. The summed E-state index contributed by atoms with van der Waals surface area (Å²) in [5.74, 6) is -1.63. The minimum Gasteiger partial charge on any atom is -0.462 e. The van der Waals surface area contributed by atoms with Gasteiger partial charge < -0.3 is 15.2 Å². The summed E-state index contributed by atoms with van der Waals surface area (Å²) in [4.78, 5) is 21.2. The van der Waals surface area contributed by atoms with Crippen molar-refractivity contribution >= 4 is 17.3 Å². The fourth-order valence-corrected chi connectivity index (χ4v) is 1.34. The van der Waals surface area contributed by atoms with Crippen molar-refractivity contribution < 1.29 is 28.0 Å². The van der Waals surface area contributed by atoms with Gasteiger partial charge in [-0.1, -0.05) is 0 Å². The predicted molar refractivity (Wildman–Crippen MR) is 60.1 cm³/mol. The third-order valence-corrected chi connectivity index (χ3v) is 2.01. The zero-order valence-electron chi connectivity index (χ0n) is 9.76. The monoisotopic (exact) mass is 276 g/mol. The van der Waals surface area contributed by atoms with Crippen LogP contribution >= 0.6 is 0 Å². The molecule has 19 heavy (non-hydrogen) atoms. The van der Waals surface area contributed by atoms with E-state index in [0.717, 1.165) is 12.1 Å². The number of hydrogen-bond acceptors (Lipinski definition) is 6. The molecule has 0 fully saturated rings. The minimum absolute atomic E-state index is 0.0563. The van der Waals surface area contributed by atoms with Gasteiger partial charge in [0.25, 0.3) is 0 Å². The number of halogens is 2. The zero-order chi connectivity index (χ0) is 14.6. The Hall–Kier alpha value is -2.45. The standard InChI is InChI=1S/C10H10F2N2O5/c1-2-18-9(15)5-3-6(13)8(14(16)17)7(4-5)19-10(11)12/h3-4,10H,2,13H2,1H3. The van der Waals surface area contributed by atoms with Crippen LogP contribution in [0.25, 0.3) is 0 Å². The van der Waals surface area contributed by atoms with E-state index >= 15 is 0 Å². The molecule has 0 saturated heterocycles. The molecule has 0 heterocycles. The van der Waals surface area contributed by atoms with E-state index < -0.39 is 34.6 Å². The molecule has 0 bridgehead atoms. The highest BCUT2D eigenvalue weighted by Gasteiger charge is 2.25. The Morgan fingerprint density at radius 3 is 2.63 bits per heavy atom. The molecule has 0 aliphatic carbocycles. The van der Waals surface area contributed by atoms with Crippen LogP contribution in [0.15, 0.2) is 12.1 Å². The van der Waals surface area contributed by atoms with Gasteiger partial charge in [0, 0.05) is 6.07 Å². The smallest absolute Gasteiger partial charge is 0.387 e. The Morgan fingerprint density at radius 1 is 1.53 bits per heavy atom. The molecule has 0 saturated carbocycles. The van der Waals surface area contributed by atoms with E-state index in [1.165, 1.54) is 0 Å². The fraction of sp³-hybridized carbons (Fsp3) is 0.300. The van der Waals surface area contributed by atoms with Crippen LogP contribution in [0.2, 0.25) is 0 Å². The second-order valence-corrected chi connectivity index (χ2v) is 3.27. The van der Waals surface area contributed by atoms with Crippen molar-refractivity contribution in [2.24, 2.45) is 0 Å². The number of nitro benzene ring substituents is 1. The molecule has 0 spiro atoms. The highest BCUT2D eigenvalue weighted by atomic mass is 19.3. The first-order valence-corrected chi connectivity index (χ1v) is 5.06. The maximum absolute atomic E-state index is 12.2. The third kappa shape index (κ3) is 3.50. The van der Waals surface area contributed by atoms with E-state index in [2.05, 4.69) is 9.47 Å². The van der Waals surface area contributed by atoms with Crippen LogP contribution in [-0.4, -0.2) is 24.1 Å². The van der Waals surface area contributed by atoms with Crippen LogP contribution in [0.4, 0.5) is 20.2 Å². The first-order chi connectivity index (χ1) is 8.86. The van der Waals surface area contributed by atoms with E-state index in [1.54, 1.807) is 6.92 Å². The van der Waals surface area contributed by atoms with Gasteiger partial charge in [-0.3, -0.25) is 10.1 Å². The lowest BCUT2D eigenvalue weighted by Gasteiger charge is -2.09. The number of carbonyl (C=O) groups excluding carboxylic acids is 1. The lowest BCUT2D eigenvalue weighted by atomic mass is 10.1. The molecule has 0 aromatic heterocycles. The van der Waals surface area contributed by atoms with Gasteiger partial charge in [-0.25, -0.2) is 4.79 Å². The van der Waals surface area contributed by atoms with E-state index in [-0.39, 0.29) is 12.2 Å². The lowest BCUT2D eigenvalue weighted by molar-refractivity contribution is -0.385. The molecule has 1 rings (SSSR count). The number of ether oxygens (including phenoxy) is 2. The first-order valence-electron chi connectivity index (χ1n) is 5.06. The number of anilines is 1. The van der Waals surface area contributed by atoms with Gasteiger partial charge in [0.2, 0.25) is 5.75 Å². The summed E-state index contributed by atoms with van der Waals surface area (Å²) in [5, 5.41) is 10.7. The number of carbonyl (C=O) groups is 1. The quantitative estimate of drug-likeness (QED) is 0.381. The first kappa shape index (κ1) is 14.6. The van der Waals surface area contributed by atoms with Gasteiger partial charge in [0.15, 0.2) is 0 Å². The third-order valence-electron chi connectivity index (χ3n) is 2.01. The fourth-order valence-electron chi connectivity index (χ4n) is 1.34. The maximum atomic E-state index is 12.2. The van der Waals surface area contributed by atoms with Gasteiger partial charge in [-0.05, 0) is 13.0 Å². The highest BCUT2D eigenvalue weighted by molar-refractivity contribution is 5.92. The largest absolute Gasteiger partial charge is 0.462 e. The normalized spacial score (nSPS) is 10.3. The van der Waals surface area contributed by atoms with Gasteiger partial charge >= 0.3 is 18.3 Å². The molecule has 0 aliphatic rings. The Kier molecular flexibility index (Phi) is 4.56. The summed E-state index contributed by atoms with van der Waals surface area (Å²) in [6.07, 6.45) is 0. The van der Waals surface area contributed by atoms with E-state index in [1.807, 2.05) is 0 Å². The number of alkyl halides is 2. The van der Waals surface area contributed by atoms with Crippen molar-refractivity contribution in [1.82, 2.24) is 0 Å². The van der Waals surface area contributed by atoms with Gasteiger partial charge in [0.05, 0.1) is 17.1 Å². The van der Waals surface area contributed by atoms with Crippen molar-refractivity contribution in [3.8, 4) is 5.75 Å². The zero-order valence-corrected chi connectivity index (χ0v) is 9.76. The summed E-state index contributed by atoms with van der Waals surface area (Å²) in [6, 6.07) is 1.76. The SMILES string of the molecule is CCOC(=O)c1cc(N)c([N+](=O)[O-])c(OC(F)F)c1. The van der Waals surface area contributed by atoms with Crippen LogP contribution < -0.4 is 10.5 Å². The summed E-state index contributed by atoms with van der Waals surface area (Å²) < 4.78 is 33.0. The number of nitrogens with two attached hydrogens (primary N) is 1. The average molecular weight is 276 g/mol. The van der Waals surface area contributed by atoms with Gasteiger partial charge in [-0.2, -0.15) is 8.78 Å². The second kappa shape index (κ2) is 5.94. The van der Waals surface area contributed by atoms with E-state index in [0.29, 0.717) is 0 Å². The van der Waals surface area contributed by atoms with Crippen molar-refractivity contribution in [1.29, 1.82) is 0 Å². The van der Waals surface area contributed by atoms with Crippen molar-refractivity contribution in [2.75, 3.05) is 12.3 Å².